The molecule has 0 aromatic rings. The molecule has 0 aliphatic heterocycles. The number of nitrogens with zero attached hydrogens (tertiary/aromatic N) is 1. The molecule has 0 atom stereocenters. The van der Waals surface area contributed by atoms with Gasteiger partial charge in [-0.3, -0.25) is 0 Å². The number of amides is 2. The van der Waals surface area contributed by atoms with Crippen LogP contribution in [0.5, 0.6) is 0 Å². The van der Waals surface area contributed by atoms with Gasteiger partial charge >= 0.3 is 18.2 Å². The van der Waals surface area contributed by atoms with E-state index >= 15 is 0 Å². The van der Waals surface area contributed by atoms with Crippen LogP contribution in [0.2, 0.25) is 0 Å². The lowest BCUT2D eigenvalue weighted by atomic mass is 10.2. The number of rotatable bonds is 5. The molecule has 0 aliphatic rings. The molecule has 156 valence electrons. The van der Waals surface area contributed by atoms with E-state index in [0.717, 1.165) is 4.90 Å². The predicted octanol–water partition coefficient (Wildman–Crippen LogP) is 4.84. The van der Waals surface area contributed by atoms with Crippen molar-refractivity contribution >= 4 is 18.2 Å². The highest BCUT2D eigenvalue weighted by atomic mass is 16.6. The van der Waals surface area contributed by atoms with Crippen molar-refractivity contribution in [1.82, 2.24) is 4.90 Å². The van der Waals surface area contributed by atoms with Crippen LogP contribution in [0.25, 0.3) is 0 Å². The van der Waals surface area contributed by atoms with E-state index in [0.29, 0.717) is 12.8 Å². The van der Waals surface area contributed by atoms with E-state index in [9.17, 15) is 14.4 Å². The summed E-state index contributed by atoms with van der Waals surface area (Å²) in [5, 5.41) is 0. The molecule has 7 nitrogen and oxygen atoms in total. The number of carbonyl (C=O) groups is 3. The van der Waals surface area contributed by atoms with Gasteiger partial charge in [-0.05, 0) is 75.2 Å². The Balaban J connectivity index is 4.79. The van der Waals surface area contributed by atoms with E-state index in [1.807, 2.05) is 0 Å². The van der Waals surface area contributed by atoms with Gasteiger partial charge in [0.25, 0.3) is 0 Å². The molecule has 0 aromatic heterocycles. The van der Waals surface area contributed by atoms with Crippen LogP contribution in [-0.4, -0.2) is 46.4 Å². The van der Waals surface area contributed by atoms with E-state index in [1.165, 1.54) is 6.08 Å². The van der Waals surface area contributed by atoms with Gasteiger partial charge in [0.05, 0.1) is 0 Å². The van der Waals surface area contributed by atoms with Crippen molar-refractivity contribution < 1.29 is 28.6 Å². The second kappa shape index (κ2) is 9.76. The van der Waals surface area contributed by atoms with Gasteiger partial charge in [-0.2, -0.15) is 0 Å². The molecule has 0 bridgehead atoms. The van der Waals surface area contributed by atoms with Crippen LogP contribution in [0.15, 0.2) is 12.2 Å². The Morgan fingerprint density at radius 2 is 1.15 bits per heavy atom. The minimum Gasteiger partial charge on any atom is -0.457 e. The van der Waals surface area contributed by atoms with Crippen LogP contribution < -0.4 is 0 Å². The first-order chi connectivity index (χ1) is 12.0. The van der Waals surface area contributed by atoms with Crippen LogP contribution in [0.1, 0.15) is 75.2 Å². The Kier molecular flexibility index (Phi) is 9.02. The number of imide groups is 1. The molecule has 7 heteroatoms. The summed E-state index contributed by atoms with van der Waals surface area (Å²) in [5.41, 5.74) is -2.01. The summed E-state index contributed by atoms with van der Waals surface area (Å²) in [4.78, 5) is 37.2. The Hall–Kier alpha value is -2.05. The molecule has 27 heavy (non-hydrogen) atoms. The van der Waals surface area contributed by atoms with Crippen LogP contribution in [0.4, 0.5) is 9.59 Å². The van der Waals surface area contributed by atoms with Gasteiger partial charge in [0.2, 0.25) is 0 Å². The third-order valence-corrected chi connectivity index (χ3v) is 2.64. The van der Waals surface area contributed by atoms with Crippen molar-refractivity contribution in [2.45, 2.75) is 92.0 Å². The van der Waals surface area contributed by atoms with E-state index in [1.54, 1.807) is 68.4 Å². The maximum Gasteiger partial charge on any atom is 0.419 e. The molecule has 0 saturated heterocycles. The summed E-state index contributed by atoms with van der Waals surface area (Å²) in [5.74, 6) is -0.432. The van der Waals surface area contributed by atoms with Crippen LogP contribution in [0, 0.1) is 0 Å². The monoisotopic (exact) mass is 385 g/mol. The van der Waals surface area contributed by atoms with E-state index in [-0.39, 0.29) is 6.54 Å². The zero-order valence-electron chi connectivity index (χ0n) is 18.2. The third-order valence-electron chi connectivity index (χ3n) is 2.64. The first-order valence-electron chi connectivity index (χ1n) is 9.13. The Morgan fingerprint density at radius 3 is 1.52 bits per heavy atom. The van der Waals surface area contributed by atoms with Crippen LogP contribution in [-0.2, 0) is 19.0 Å². The molecule has 0 radical (unpaired) electrons. The van der Waals surface area contributed by atoms with Gasteiger partial charge in [0.15, 0.2) is 0 Å². The number of allylic oxidation sites excluding steroid dienone is 1. The normalized spacial score (nSPS) is 12.6. The quantitative estimate of drug-likeness (QED) is 0.292. The first kappa shape index (κ1) is 24.9. The Morgan fingerprint density at radius 1 is 0.741 bits per heavy atom. The van der Waals surface area contributed by atoms with Gasteiger partial charge in [-0.15, -0.1) is 0 Å². The van der Waals surface area contributed by atoms with Crippen molar-refractivity contribution in [3.05, 3.63) is 12.2 Å². The molecule has 0 heterocycles. The van der Waals surface area contributed by atoms with Gasteiger partial charge in [-0.1, -0.05) is 6.08 Å². The average molecular weight is 386 g/mol. The van der Waals surface area contributed by atoms with E-state index in [4.69, 9.17) is 14.2 Å². The topological polar surface area (TPSA) is 82.1 Å². The van der Waals surface area contributed by atoms with Crippen molar-refractivity contribution in [3.8, 4) is 0 Å². The second-order valence-electron chi connectivity index (χ2n) is 9.19. The molecule has 0 aliphatic carbocycles. The fourth-order valence-corrected chi connectivity index (χ4v) is 1.77. The Bertz CT molecular complexity index is 518. The third kappa shape index (κ3) is 13.8. The van der Waals surface area contributed by atoms with Crippen molar-refractivity contribution in [1.29, 1.82) is 0 Å². The second-order valence-corrected chi connectivity index (χ2v) is 9.19. The molecule has 0 spiro atoms. The van der Waals surface area contributed by atoms with Gasteiger partial charge in [0, 0.05) is 12.6 Å². The molecular formula is C20H35NO6. The van der Waals surface area contributed by atoms with Crippen molar-refractivity contribution in [2.75, 3.05) is 6.54 Å². The summed E-state index contributed by atoms with van der Waals surface area (Å²) in [7, 11) is 0. The maximum absolute atomic E-state index is 12.3. The van der Waals surface area contributed by atoms with E-state index < -0.39 is 35.0 Å². The highest BCUT2D eigenvalue weighted by Crippen LogP contribution is 2.15. The highest BCUT2D eigenvalue weighted by molar-refractivity contribution is 5.88. The zero-order chi connectivity index (χ0) is 21.5. The smallest absolute Gasteiger partial charge is 0.419 e. The van der Waals surface area contributed by atoms with Crippen molar-refractivity contribution in [3.63, 3.8) is 0 Å². The number of carbonyl (C=O) groups excluding carboxylic acids is 3. The fourth-order valence-electron chi connectivity index (χ4n) is 1.77. The summed E-state index contributed by atoms with van der Waals surface area (Å²) < 4.78 is 15.7. The van der Waals surface area contributed by atoms with E-state index in [2.05, 4.69) is 0 Å². The molecule has 0 rings (SSSR count). The maximum atomic E-state index is 12.3. The van der Waals surface area contributed by atoms with Gasteiger partial charge in [-0.25, -0.2) is 19.3 Å². The summed E-state index contributed by atoms with van der Waals surface area (Å²) in [6.45, 7) is 15.8. The largest absolute Gasteiger partial charge is 0.457 e. The Labute approximate surface area is 163 Å². The van der Waals surface area contributed by atoms with Crippen LogP contribution in [0.3, 0.4) is 0 Å². The molecule has 2 amide bonds. The first-order valence-corrected chi connectivity index (χ1v) is 9.13. The lowest BCUT2D eigenvalue weighted by molar-refractivity contribution is -0.148. The summed E-state index contributed by atoms with van der Waals surface area (Å²) in [6, 6.07) is 0. The fraction of sp³-hybridized carbons (Fsp3) is 0.750. The van der Waals surface area contributed by atoms with Gasteiger partial charge in [0.1, 0.15) is 16.8 Å². The predicted molar refractivity (Wildman–Crippen MR) is 103 cm³/mol. The molecule has 0 saturated carbocycles. The molecular weight excluding hydrogens is 350 g/mol. The molecule has 0 N–H and O–H groups in total. The number of hydrogen-bond donors (Lipinski definition) is 0. The average Bonchev–Trinajstić information content (AvgIpc) is 2.36. The number of unbranched alkanes of at least 4 members (excludes halogenated alkanes) is 1. The molecule has 0 unspecified atom stereocenters. The summed E-state index contributed by atoms with van der Waals surface area (Å²) in [6.07, 6.45) is 2.42. The standard InChI is InChI=1S/C20H35NO6/c1-18(2,3)25-15(22)13-11-10-12-14-21(16(23)26-19(4,5)6)17(24)27-20(7,8)9/h11,13H,10,12,14H2,1-9H3. The minimum absolute atomic E-state index is 0.114. The highest BCUT2D eigenvalue weighted by Gasteiger charge is 2.30. The summed E-state index contributed by atoms with van der Waals surface area (Å²) >= 11 is 0. The number of ether oxygens (including phenoxy) is 3. The lowest BCUT2D eigenvalue weighted by Gasteiger charge is -2.28. The SMILES string of the molecule is CC(C)(C)OC(=O)C=CCCCN(C(=O)OC(C)(C)C)C(=O)OC(C)(C)C. The van der Waals surface area contributed by atoms with Crippen LogP contribution >= 0.6 is 0 Å². The lowest BCUT2D eigenvalue weighted by Crippen LogP contribution is -2.44. The minimum atomic E-state index is -0.757. The molecule has 0 fully saturated rings. The molecule has 0 aromatic carbocycles. The zero-order valence-corrected chi connectivity index (χ0v) is 18.2. The number of esters is 1. The number of hydrogen-bond acceptors (Lipinski definition) is 6. The van der Waals surface area contributed by atoms with Gasteiger partial charge < -0.3 is 14.2 Å². The van der Waals surface area contributed by atoms with Crippen molar-refractivity contribution in [2.24, 2.45) is 0 Å².